The monoisotopic (exact) mass is 332 g/mol. The lowest BCUT2D eigenvalue weighted by molar-refractivity contribution is 1.15. The highest BCUT2D eigenvalue weighted by Crippen LogP contribution is 2.36. The highest BCUT2D eigenvalue weighted by molar-refractivity contribution is 6.09. The van der Waals surface area contributed by atoms with Crippen LogP contribution in [0.1, 0.15) is 12.5 Å². The highest BCUT2D eigenvalue weighted by Gasteiger charge is 2.10. The molecule has 5 aromatic rings. The van der Waals surface area contributed by atoms with E-state index in [1.54, 1.807) is 0 Å². The van der Waals surface area contributed by atoms with Gasteiger partial charge in [-0.25, -0.2) is 0 Å². The van der Waals surface area contributed by atoms with Crippen LogP contribution < -0.4 is 0 Å². The van der Waals surface area contributed by atoms with Gasteiger partial charge in [0.1, 0.15) is 0 Å². The van der Waals surface area contributed by atoms with Crippen LogP contribution in [0.3, 0.4) is 0 Å². The average molecular weight is 332 g/mol. The Morgan fingerprint density at radius 2 is 1.15 bits per heavy atom. The summed E-state index contributed by atoms with van der Waals surface area (Å²) in [6, 6.07) is 33.3. The van der Waals surface area contributed by atoms with Gasteiger partial charge in [-0.05, 0) is 79.7 Å². The Labute approximate surface area is 153 Å². The minimum atomic E-state index is 1.04. The van der Waals surface area contributed by atoms with Gasteiger partial charge >= 0.3 is 0 Å². The molecular weight excluding hydrogens is 312 g/mol. The molecule has 0 heteroatoms. The number of hydrogen-bond donors (Lipinski definition) is 0. The average Bonchev–Trinajstić information content (AvgIpc) is 2.70. The van der Waals surface area contributed by atoms with Gasteiger partial charge in [-0.2, -0.15) is 0 Å². The predicted molar refractivity (Wildman–Crippen MR) is 114 cm³/mol. The second kappa shape index (κ2) is 6.00. The summed E-state index contributed by atoms with van der Waals surface area (Å²) in [6.45, 7) is 2.24. The minimum Gasteiger partial charge on any atom is -0.0622 e. The third kappa shape index (κ3) is 2.38. The number of aryl methyl sites for hydroxylation is 1. The minimum absolute atomic E-state index is 1.04. The molecule has 0 amide bonds. The summed E-state index contributed by atoms with van der Waals surface area (Å²) >= 11 is 0. The van der Waals surface area contributed by atoms with Gasteiger partial charge in [0, 0.05) is 0 Å². The summed E-state index contributed by atoms with van der Waals surface area (Å²) in [4.78, 5) is 0. The Kier molecular flexibility index (Phi) is 3.50. The number of rotatable bonds is 2. The Hall–Kier alpha value is -3.12. The third-order valence-electron chi connectivity index (χ3n) is 5.37. The lowest BCUT2D eigenvalue weighted by Crippen LogP contribution is -1.90. The first kappa shape index (κ1) is 15.2. The van der Waals surface area contributed by atoms with E-state index in [4.69, 9.17) is 0 Å². The number of benzene rings is 5. The summed E-state index contributed by atoms with van der Waals surface area (Å²) < 4.78 is 0. The van der Waals surface area contributed by atoms with Crippen molar-refractivity contribution in [3.8, 4) is 11.1 Å². The zero-order chi connectivity index (χ0) is 17.5. The fraction of sp³-hybridized carbons (Fsp3) is 0.0769. The number of fused-ring (bicyclic) bond motifs is 3. The van der Waals surface area contributed by atoms with Crippen LogP contribution in [-0.4, -0.2) is 0 Å². The molecular formula is C26H20. The van der Waals surface area contributed by atoms with Crippen molar-refractivity contribution >= 4 is 32.3 Å². The van der Waals surface area contributed by atoms with E-state index in [2.05, 4.69) is 97.9 Å². The molecule has 0 saturated heterocycles. The van der Waals surface area contributed by atoms with Crippen LogP contribution >= 0.6 is 0 Å². The molecule has 5 rings (SSSR count). The van der Waals surface area contributed by atoms with Crippen molar-refractivity contribution in [3.05, 3.63) is 96.6 Å². The van der Waals surface area contributed by atoms with E-state index in [9.17, 15) is 0 Å². The Bertz CT molecular complexity index is 1250. The van der Waals surface area contributed by atoms with Gasteiger partial charge in [-0.1, -0.05) is 73.7 Å². The van der Waals surface area contributed by atoms with E-state index in [0.717, 1.165) is 6.42 Å². The van der Waals surface area contributed by atoms with E-state index in [-0.39, 0.29) is 0 Å². The van der Waals surface area contributed by atoms with Crippen molar-refractivity contribution in [1.82, 2.24) is 0 Å². The maximum absolute atomic E-state index is 2.37. The zero-order valence-corrected chi connectivity index (χ0v) is 14.9. The van der Waals surface area contributed by atoms with Crippen LogP contribution in [0.25, 0.3) is 43.4 Å². The largest absolute Gasteiger partial charge is 0.0622 e. The quantitative estimate of drug-likeness (QED) is 0.296. The molecule has 5 aromatic carbocycles. The topological polar surface area (TPSA) is 0 Å². The molecule has 0 aliphatic rings. The molecule has 0 atom stereocenters. The van der Waals surface area contributed by atoms with E-state index in [0.29, 0.717) is 0 Å². The van der Waals surface area contributed by atoms with Crippen LogP contribution in [0.4, 0.5) is 0 Å². The highest BCUT2D eigenvalue weighted by atomic mass is 14.1. The SMILES string of the molecule is CCc1ccc2cc3cc4ccccc4cc3cc2c1-c1ccccc1. The van der Waals surface area contributed by atoms with Crippen molar-refractivity contribution in [2.75, 3.05) is 0 Å². The first-order chi connectivity index (χ1) is 12.8. The lowest BCUT2D eigenvalue weighted by atomic mass is 9.90. The van der Waals surface area contributed by atoms with Crippen molar-refractivity contribution < 1.29 is 0 Å². The number of hydrogen-bond acceptors (Lipinski definition) is 0. The molecule has 124 valence electrons. The second-order valence-electron chi connectivity index (χ2n) is 6.94. The van der Waals surface area contributed by atoms with E-state index in [1.807, 2.05) is 0 Å². The van der Waals surface area contributed by atoms with Crippen LogP contribution in [0.2, 0.25) is 0 Å². The molecule has 0 spiro atoms. The molecule has 26 heavy (non-hydrogen) atoms. The van der Waals surface area contributed by atoms with Crippen LogP contribution in [0.5, 0.6) is 0 Å². The van der Waals surface area contributed by atoms with Crippen molar-refractivity contribution in [2.24, 2.45) is 0 Å². The van der Waals surface area contributed by atoms with Gasteiger partial charge in [-0.3, -0.25) is 0 Å². The molecule has 0 aliphatic heterocycles. The molecule has 0 aromatic heterocycles. The summed E-state index contributed by atoms with van der Waals surface area (Å²) in [5.41, 5.74) is 4.08. The third-order valence-corrected chi connectivity index (χ3v) is 5.37. The predicted octanol–water partition coefficient (Wildman–Crippen LogP) is 7.38. The molecule has 0 aliphatic carbocycles. The molecule has 0 fully saturated rings. The van der Waals surface area contributed by atoms with Crippen molar-refractivity contribution in [1.29, 1.82) is 0 Å². The molecule has 0 radical (unpaired) electrons. The molecule has 0 nitrogen and oxygen atoms in total. The lowest BCUT2D eigenvalue weighted by Gasteiger charge is -2.14. The normalized spacial score (nSPS) is 11.4. The molecule has 0 saturated carbocycles. The molecule has 0 N–H and O–H groups in total. The van der Waals surface area contributed by atoms with Crippen molar-refractivity contribution in [3.63, 3.8) is 0 Å². The van der Waals surface area contributed by atoms with Gasteiger partial charge in [0.15, 0.2) is 0 Å². The smallest absolute Gasteiger partial charge is 0.00732 e. The fourth-order valence-electron chi connectivity index (χ4n) is 4.05. The Morgan fingerprint density at radius 1 is 0.538 bits per heavy atom. The summed E-state index contributed by atoms with van der Waals surface area (Å²) in [6.07, 6.45) is 1.04. The van der Waals surface area contributed by atoms with Crippen LogP contribution in [0, 0.1) is 0 Å². The maximum Gasteiger partial charge on any atom is -0.00732 e. The zero-order valence-electron chi connectivity index (χ0n) is 14.9. The summed E-state index contributed by atoms with van der Waals surface area (Å²) in [5, 5.41) is 7.86. The van der Waals surface area contributed by atoms with E-state index < -0.39 is 0 Å². The molecule has 0 bridgehead atoms. The standard InChI is InChI=1S/C26H20/c1-2-18-12-13-22-16-23-14-20-10-6-7-11-21(20)15-24(23)17-25(22)26(18)19-8-4-3-5-9-19/h3-17H,2H2,1H3. The van der Waals surface area contributed by atoms with E-state index >= 15 is 0 Å². The molecule has 0 heterocycles. The van der Waals surface area contributed by atoms with Gasteiger partial charge in [0.2, 0.25) is 0 Å². The Balaban J connectivity index is 1.90. The fourth-order valence-corrected chi connectivity index (χ4v) is 4.05. The van der Waals surface area contributed by atoms with E-state index in [1.165, 1.54) is 49.0 Å². The molecule has 0 unspecified atom stereocenters. The van der Waals surface area contributed by atoms with Crippen molar-refractivity contribution in [2.45, 2.75) is 13.3 Å². The second-order valence-corrected chi connectivity index (χ2v) is 6.94. The summed E-state index contributed by atoms with van der Waals surface area (Å²) in [7, 11) is 0. The van der Waals surface area contributed by atoms with Gasteiger partial charge < -0.3 is 0 Å². The van der Waals surface area contributed by atoms with Gasteiger partial charge in [0.25, 0.3) is 0 Å². The van der Waals surface area contributed by atoms with Crippen LogP contribution in [-0.2, 0) is 6.42 Å². The van der Waals surface area contributed by atoms with Gasteiger partial charge in [-0.15, -0.1) is 0 Å². The first-order valence-electron chi connectivity index (χ1n) is 9.27. The maximum atomic E-state index is 2.37. The first-order valence-corrected chi connectivity index (χ1v) is 9.27. The van der Waals surface area contributed by atoms with Gasteiger partial charge in [0.05, 0.1) is 0 Å². The van der Waals surface area contributed by atoms with Crippen LogP contribution in [0.15, 0.2) is 91.0 Å². The summed E-state index contributed by atoms with van der Waals surface area (Å²) in [5.74, 6) is 0. The Morgan fingerprint density at radius 3 is 1.85 bits per heavy atom.